The number of carbonyl (C=O) groups excluding carboxylic acids is 1. The van der Waals surface area contributed by atoms with Crippen molar-refractivity contribution in [3.63, 3.8) is 0 Å². The molecule has 0 spiro atoms. The van der Waals surface area contributed by atoms with Gasteiger partial charge in [-0.1, -0.05) is 39.7 Å². The van der Waals surface area contributed by atoms with E-state index in [0.29, 0.717) is 10.8 Å². The van der Waals surface area contributed by atoms with Crippen molar-refractivity contribution in [2.24, 2.45) is 0 Å². The molecule has 2 aromatic rings. The number of rotatable bonds is 2. The first kappa shape index (κ1) is 20.0. The van der Waals surface area contributed by atoms with E-state index in [0.717, 1.165) is 34.1 Å². The molecule has 0 aromatic heterocycles. The molecule has 6 heteroatoms. The summed E-state index contributed by atoms with van der Waals surface area (Å²) in [5.41, 5.74) is 2.24. The Kier molecular flexibility index (Phi) is 5.73. The number of benzene rings is 2. The second-order valence-electron chi connectivity index (χ2n) is 7.57. The fourth-order valence-corrected chi connectivity index (χ4v) is 3.97. The Morgan fingerprint density at radius 2 is 1.89 bits per heavy atom. The largest absolute Gasteiger partial charge is 0.495 e. The molecule has 0 N–H and O–H groups in total. The molecule has 1 aliphatic heterocycles. The molecule has 4 nitrogen and oxygen atoms in total. The number of anilines is 1. The third kappa shape index (κ3) is 4.41. The van der Waals surface area contributed by atoms with Crippen LogP contribution >= 0.6 is 27.5 Å². The fraction of sp³-hybridized carbons (Fsp3) is 0.381. The van der Waals surface area contributed by atoms with E-state index in [-0.39, 0.29) is 12.1 Å². The van der Waals surface area contributed by atoms with E-state index in [1.54, 1.807) is 12.0 Å². The summed E-state index contributed by atoms with van der Waals surface area (Å²) in [5, 5.41) is 0.667. The second-order valence-corrected chi connectivity index (χ2v) is 8.92. The summed E-state index contributed by atoms with van der Waals surface area (Å²) in [6.45, 7) is 5.60. The summed E-state index contributed by atoms with van der Waals surface area (Å²) in [6, 6.07) is 11.4. The first-order chi connectivity index (χ1) is 12.7. The number of methoxy groups -OCH3 is 1. The highest BCUT2D eigenvalue weighted by atomic mass is 79.9. The first-order valence-electron chi connectivity index (χ1n) is 8.83. The van der Waals surface area contributed by atoms with Crippen molar-refractivity contribution < 1.29 is 14.3 Å². The van der Waals surface area contributed by atoms with Gasteiger partial charge in [-0.25, -0.2) is 4.79 Å². The summed E-state index contributed by atoms with van der Waals surface area (Å²) in [5.74, 6) is 0.642. The third-order valence-corrected chi connectivity index (χ3v) is 5.13. The molecule has 1 atom stereocenters. The zero-order valence-corrected chi connectivity index (χ0v) is 18.2. The van der Waals surface area contributed by atoms with Crippen LogP contribution in [0.25, 0.3) is 0 Å². The number of fused-ring (bicyclic) bond motifs is 1. The van der Waals surface area contributed by atoms with Crippen molar-refractivity contribution in [2.75, 3.05) is 12.0 Å². The van der Waals surface area contributed by atoms with Crippen LogP contribution in [0.3, 0.4) is 0 Å². The number of hydrogen-bond donors (Lipinski definition) is 0. The van der Waals surface area contributed by atoms with E-state index in [2.05, 4.69) is 15.9 Å². The summed E-state index contributed by atoms with van der Waals surface area (Å²) >= 11 is 9.58. The highest BCUT2D eigenvalue weighted by Gasteiger charge is 2.37. The summed E-state index contributed by atoms with van der Waals surface area (Å²) < 4.78 is 12.3. The van der Waals surface area contributed by atoms with Crippen molar-refractivity contribution >= 4 is 39.3 Å². The van der Waals surface area contributed by atoms with Gasteiger partial charge in [0.2, 0.25) is 0 Å². The molecule has 1 heterocycles. The van der Waals surface area contributed by atoms with Crippen LogP contribution in [0.15, 0.2) is 40.9 Å². The van der Waals surface area contributed by atoms with Crippen LogP contribution in [-0.2, 0) is 11.2 Å². The van der Waals surface area contributed by atoms with Gasteiger partial charge in [0.1, 0.15) is 11.4 Å². The van der Waals surface area contributed by atoms with Crippen LogP contribution < -0.4 is 9.64 Å². The predicted molar refractivity (Wildman–Crippen MR) is 112 cm³/mol. The fourth-order valence-electron chi connectivity index (χ4n) is 3.36. The van der Waals surface area contributed by atoms with Crippen LogP contribution in [0.4, 0.5) is 10.5 Å². The van der Waals surface area contributed by atoms with Gasteiger partial charge < -0.3 is 9.47 Å². The lowest BCUT2D eigenvalue weighted by molar-refractivity contribution is 0.0559. The highest BCUT2D eigenvalue weighted by molar-refractivity contribution is 9.10. The molecular weight excluding hydrogens is 430 g/mol. The van der Waals surface area contributed by atoms with Gasteiger partial charge in [-0.05, 0) is 69.0 Å². The Labute approximate surface area is 173 Å². The normalized spacial score (nSPS) is 16.7. The van der Waals surface area contributed by atoms with Crippen LogP contribution in [0.1, 0.15) is 44.4 Å². The van der Waals surface area contributed by atoms with Crippen molar-refractivity contribution in [3.8, 4) is 5.75 Å². The molecule has 0 saturated heterocycles. The Morgan fingerprint density at radius 3 is 2.48 bits per heavy atom. The van der Waals surface area contributed by atoms with Crippen molar-refractivity contribution in [3.05, 3.63) is 57.0 Å². The molecule has 3 rings (SSSR count). The van der Waals surface area contributed by atoms with Gasteiger partial charge in [0.05, 0.1) is 18.8 Å². The second kappa shape index (κ2) is 7.72. The summed E-state index contributed by atoms with van der Waals surface area (Å²) in [6.07, 6.45) is 1.23. The Balaban J connectivity index is 2.13. The monoisotopic (exact) mass is 451 g/mol. The lowest BCUT2D eigenvalue weighted by atomic mass is 9.91. The van der Waals surface area contributed by atoms with Gasteiger partial charge >= 0.3 is 6.09 Å². The standard InChI is InChI=1S/C21H23BrClNO3/c1-21(2,3)27-20(25)24-17(13-5-8-16(23)9-6-13)10-7-14-11-15(22)12-18(26-4)19(14)24/h5-6,8-9,11-12,17H,7,10H2,1-4H3. The SMILES string of the molecule is COc1cc(Br)cc2c1N(C(=O)OC(C)(C)C)C(c1ccc(Cl)cc1)CC2. The highest BCUT2D eigenvalue weighted by Crippen LogP contribution is 2.46. The maximum atomic E-state index is 13.2. The molecule has 144 valence electrons. The Hall–Kier alpha value is -1.72. The zero-order valence-electron chi connectivity index (χ0n) is 15.9. The maximum absolute atomic E-state index is 13.2. The van der Waals surface area contributed by atoms with Crippen LogP contribution in [0.5, 0.6) is 5.75 Å². The van der Waals surface area contributed by atoms with Gasteiger partial charge in [0.25, 0.3) is 0 Å². The molecule has 0 radical (unpaired) electrons. The van der Waals surface area contributed by atoms with Gasteiger partial charge in [-0.3, -0.25) is 4.90 Å². The first-order valence-corrected chi connectivity index (χ1v) is 10.0. The molecular formula is C21H23BrClNO3. The summed E-state index contributed by atoms with van der Waals surface area (Å²) in [4.78, 5) is 14.9. The van der Waals surface area contributed by atoms with Gasteiger partial charge in [0.15, 0.2) is 0 Å². The van der Waals surface area contributed by atoms with Gasteiger partial charge in [-0.15, -0.1) is 0 Å². The molecule has 1 amide bonds. The number of amides is 1. The molecule has 0 aliphatic carbocycles. The van der Waals surface area contributed by atoms with Gasteiger partial charge in [0, 0.05) is 9.50 Å². The number of carbonyl (C=O) groups is 1. The Bertz CT molecular complexity index is 828. The average molecular weight is 453 g/mol. The molecule has 1 unspecified atom stereocenters. The van der Waals surface area contributed by atoms with E-state index in [4.69, 9.17) is 21.1 Å². The number of aryl methyl sites for hydroxylation is 1. The number of halogens is 2. The van der Waals surface area contributed by atoms with Crippen molar-refractivity contribution in [1.82, 2.24) is 0 Å². The minimum atomic E-state index is -0.595. The van der Waals surface area contributed by atoms with E-state index in [1.165, 1.54) is 0 Å². The molecule has 0 fully saturated rings. The minimum absolute atomic E-state index is 0.153. The molecule has 1 aliphatic rings. The smallest absolute Gasteiger partial charge is 0.415 e. The molecule has 0 bridgehead atoms. The lowest BCUT2D eigenvalue weighted by Gasteiger charge is -2.39. The molecule has 2 aromatic carbocycles. The average Bonchev–Trinajstić information content (AvgIpc) is 2.59. The maximum Gasteiger partial charge on any atom is 0.415 e. The zero-order chi connectivity index (χ0) is 19.8. The van der Waals surface area contributed by atoms with Crippen molar-refractivity contribution in [1.29, 1.82) is 0 Å². The van der Waals surface area contributed by atoms with Crippen molar-refractivity contribution in [2.45, 2.75) is 45.3 Å². The van der Waals surface area contributed by atoms with Crippen LogP contribution in [0, 0.1) is 0 Å². The minimum Gasteiger partial charge on any atom is -0.495 e. The van der Waals surface area contributed by atoms with E-state index >= 15 is 0 Å². The Morgan fingerprint density at radius 1 is 1.22 bits per heavy atom. The molecule has 27 heavy (non-hydrogen) atoms. The van der Waals surface area contributed by atoms with Gasteiger partial charge in [-0.2, -0.15) is 0 Å². The van der Waals surface area contributed by atoms with Crippen LogP contribution in [0.2, 0.25) is 5.02 Å². The third-order valence-electron chi connectivity index (χ3n) is 4.42. The topological polar surface area (TPSA) is 38.8 Å². The molecule has 0 saturated carbocycles. The number of ether oxygens (including phenoxy) is 2. The number of nitrogens with zero attached hydrogens (tertiary/aromatic N) is 1. The predicted octanol–water partition coefficient (Wildman–Crippen LogP) is 6.54. The van der Waals surface area contributed by atoms with E-state index in [9.17, 15) is 4.79 Å². The van der Waals surface area contributed by atoms with E-state index in [1.807, 2.05) is 57.2 Å². The number of hydrogen-bond acceptors (Lipinski definition) is 3. The summed E-state index contributed by atoms with van der Waals surface area (Å²) in [7, 11) is 1.61. The quantitative estimate of drug-likeness (QED) is 0.519. The van der Waals surface area contributed by atoms with E-state index < -0.39 is 5.60 Å². The lowest BCUT2D eigenvalue weighted by Crippen LogP contribution is -2.42. The van der Waals surface area contributed by atoms with Crippen LogP contribution in [-0.4, -0.2) is 18.8 Å².